The first-order valence-corrected chi connectivity index (χ1v) is 6.44. The normalized spacial score (nSPS) is 10.8. The molecule has 0 atom stereocenters. The van der Waals surface area contributed by atoms with Crippen molar-refractivity contribution < 1.29 is 4.79 Å². The summed E-state index contributed by atoms with van der Waals surface area (Å²) in [7, 11) is 0. The molecule has 0 saturated heterocycles. The SMILES string of the molecule is CCN(CC)C(=O)CCn1ncc2ccccc21. The fraction of sp³-hybridized carbons (Fsp3) is 0.429. The van der Waals surface area contributed by atoms with Gasteiger partial charge in [-0.15, -0.1) is 0 Å². The Kier molecular flexibility index (Phi) is 3.97. The summed E-state index contributed by atoms with van der Waals surface area (Å²) >= 11 is 0. The zero-order valence-electron chi connectivity index (χ0n) is 11.0. The average Bonchev–Trinajstić information content (AvgIpc) is 2.81. The van der Waals surface area contributed by atoms with Crippen LogP contribution in [0.25, 0.3) is 10.9 Å². The van der Waals surface area contributed by atoms with Gasteiger partial charge in [0.2, 0.25) is 5.91 Å². The third-order valence-electron chi connectivity index (χ3n) is 3.20. The van der Waals surface area contributed by atoms with Crippen molar-refractivity contribution in [2.75, 3.05) is 13.1 Å². The summed E-state index contributed by atoms with van der Waals surface area (Å²) in [6.07, 6.45) is 2.35. The zero-order valence-corrected chi connectivity index (χ0v) is 11.0. The number of rotatable bonds is 5. The Labute approximate surface area is 107 Å². The molecular weight excluding hydrogens is 226 g/mol. The highest BCUT2D eigenvalue weighted by atomic mass is 16.2. The molecule has 1 heterocycles. The molecular formula is C14H19N3O. The van der Waals surface area contributed by atoms with Gasteiger partial charge in [0, 0.05) is 24.9 Å². The molecule has 4 heteroatoms. The van der Waals surface area contributed by atoms with Crippen molar-refractivity contribution >= 4 is 16.8 Å². The van der Waals surface area contributed by atoms with Gasteiger partial charge in [0.15, 0.2) is 0 Å². The smallest absolute Gasteiger partial charge is 0.224 e. The lowest BCUT2D eigenvalue weighted by Crippen LogP contribution is -2.31. The lowest BCUT2D eigenvalue weighted by atomic mass is 10.2. The van der Waals surface area contributed by atoms with Gasteiger partial charge < -0.3 is 4.90 Å². The molecule has 4 nitrogen and oxygen atoms in total. The molecule has 0 unspecified atom stereocenters. The summed E-state index contributed by atoms with van der Waals surface area (Å²) in [6.45, 7) is 6.20. The molecule has 0 fully saturated rings. The second-order valence-electron chi connectivity index (χ2n) is 4.24. The van der Waals surface area contributed by atoms with Gasteiger partial charge >= 0.3 is 0 Å². The van der Waals surface area contributed by atoms with E-state index in [4.69, 9.17) is 0 Å². The molecule has 2 rings (SSSR count). The van der Waals surface area contributed by atoms with E-state index in [2.05, 4.69) is 5.10 Å². The number of amides is 1. The molecule has 2 aromatic rings. The van der Waals surface area contributed by atoms with Crippen molar-refractivity contribution in [3.05, 3.63) is 30.5 Å². The van der Waals surface area contributed by atoms with Crippen LogP contribution in [0.3, 0.4) is 0 Å². The molecule has 96 valence electrons. The molecule has 1 aromatic heterocycles. The lowest BCUT2D eigenvalue weighted by molar-refractivity contribution is -0.131. The predicted molar refractivity (Wildman–Crippen MR) is 72.3 cm³/mol. The molecule has 1 aromatic carbocycles. The number of benzene rings is 1. The van der Waals surface area contributed by atoms with Crippen LogP contribution in [-0.4, -0.2) is 33.7 Å². The van der Waals surface area contributed by atoms with E-state index in [0.29, 0.717) is 13.0 Å². The van der Waals surface area contributed by atoms with Gasteiger partial charge in [-0.1, -0.05) is 18.2 Å². The van der Waals surface area contributed by atoms with E-state index in [0.717, 1.165) is 24.0 Å². The Morgan fingerprint density at radius 2 is 2.00 bits per heavy atom. The highest BCUT2D eigenvalue weighted by Crippen LogP contribution is 2.13. The van der Waals surface area contributed by atoms with Crippen molar-refractivity contribution in [1.82, 2.24) is 14.7 Å². The summed E-state index contributed by atoms with van der Waals surface area (Å²) < 4.78 is 1.90. The van der Waals surface area contributed by atoms with Crippen molar-refractivity contribution in [2.24, 2.45) is 0 Å². The van der Waals surface area contributed by atoms with Crippen LogP contribution >= 0.6 is 0 Å². The van der Waals surface area contributed by atoms with Gasteiger partial charge in [-0.05, 0) is 19.9 Å². The molecule has 0 aliphatic carbocycles. The minimum absolute atomic E-state index is 0.194. The maximum absolute atomic E-state index is 11.9. The Bertz CT molecular complexity index is 529. The van der Waals surface area contributed by atoms with Crippen molar-refractivity contribution in [2.45, 2.75) is 26.8 Å². The zero-order chi connectivity index (χ0) is 13.0. The number of para-hydroxylation sites is 1. The summed E-state index contributed by atoms with van der Waals surface area (Å²) in [4.78, 5) is 13.8. The van der Waals surface area contributed by atoms with E-state index in [1.54, 1.807) is 0 Å². The fourth-order valence-electron chi connectivity index (χ4n) is 2.14. The molecule has 0 aliphatic heterocycles. The predicted octanol–water partition coefficient (Wildman–Crippen LogP) is 2.29. The first kappa shape index (κ1) is 12.6. The molecule has 18 heavy (non-hydrogen) atoms. The number of hydrogen-bond donors (Lipinski definition) is 0. The van der Waals surface area contributed by atoms with Gasteiger partial charge in [-0.25, -0.2) is 0 Å². The maximum atomic E-state index is 11.9. The number of fused-ring (bicyclic) bond motifs is 1. The van der Waals surface area contributed by atoms with Crippen LogP contribution in [0.15, 0.2) is 30.5 Å². The highest BCUT2D eigenvalue weighted by molar-refractivity contribution is 5.79. The van der Waals surface area contributed by atoms with Crippen LogP contribution in [0.5, 0.6) is 0 Å². The van der Waals surface area contributed by atoms with E-state index in [9.17, 15) is 4.79 Å². The first-order valence-electron chi connectivity index (χ1n) is 6.44. The molecule has 0 radical (unpaired) electrons. The summed E-state index contributed by atoms with van der Waals surface area (Å²) in [5.41, 5.74) is 1.09. The summed E-state index contributed by atoms with van der Waals surface area (Å²) in [5.74, 6) is 0.194. The number of carbonyl (C=O) groups excluding carboxylic acids is 1. The van der Waals surface area contributed by atoms with E-state index >= 15 is 0 Å². The topological polar surface area (TPSA) is 38.1 Å². The Morgan fingerprint density at radius 1 is 1.28 bits per heavy atom. The lowest BCUT2D eigenvalue weighted by Gasteiger charge is -2.18. The molecule has 1 amide bonds. The van der Waals surface area contributed by atoms with Gasteiger partial charge in [0.1, 0.15) is 0 Å². The number of nitrogens with zero attached hydrogens (tertiary/aromatic N) is 3. The van der Waals surface area contributed by atoms with E-state index in [1.165, 1.54) is 0 Å². The van der Waals surface area contributed by atoms with Crippen LogP contribution in [-0.2, 0) is 11.3 Å². The Hall–Kier alpha value is -1.84. The quantitative estimate of drug-likeness (QED) is 0.810. The highest BCUT2D eigenvalue weighted by Gasteiger charge is 2.10. The van der Waals surface area contributed by atoms with Gasteiger partial charge in [-0.2, -0.15) is 5.10 Å². The average molecular weight is 245 g/mol. The van der Waals surface area contributed by atoms with Gasteiger partial charge in [0.25, 0.3) is 0 Å². The monoisotopic (exact) mass is 245 g/mol. The summed E-state index contributed by atoms with van der Waals surface area (Å²) in [5, 5.41) is 5.44. The minimum atomic E-state index is 0.194. The van der Waals surface area contributed by atoms with Crippen molar-refractivity contribution in [3.8, 4) is 0 Å². The molecule has 0 saturated carbocycles. The number of carbonyl (C=O) groups is 1. The maximum Gasteiger partial charge on any atom is 0.224 e. The third-order valence-corrected chi connectivity index (χ3v) is 3.20. The Morgan fingerprint density at radius 3 is 2.72 bits per heavy atom. The molecule has 0 spiro atoms. The van der Waals surface area contributed by atoms with E-state index in [-0.39, 0.29) is 5.91 Å². The van der Waals surface area contributed by atoms with Crippen LogP contribution in [0.2, 0.25) is 0 Å². The largest absolute Gasteiger partial charge is 0.343 e. The second-order valence-corrected chi connectivity index (χ2v) is 4.24. The van der Waals surface area contributed by atoms with Crippen LogP contribution in [0, 0.1) is 0 Å². The first-order chi connectivity index (χ1) is 8.76. The standard InChI is InChI=1S/C14H19N3O/c1-3-16(4-2)14(18)9-10-17-13-8-6-5-7-12(13)11-15-17/h5-8,11H,3-4,9-10H2,1-2H3. The van der Waals surface area contributed by atoms with Crippen LogP contribution in [0.4, 0.5) is 0 Å². The van der Waals surface area contributed by atoms with E-state index < -0.39 is 0 Å². The minimum Gasteiger partial charge on any atom is -0.343 e. The second kappa shape index (κ2) is 5.67. The van der Waals surface area contributed by atoms with Crippen molar-refractivity contribution in [1.29, 1.82) is 0 Å². The fourth-order valence-corrected chi connectivity index (χ4v) is 2.14. The number of aryl methyl sites for hydroxylation is 1. The molecule has 0 aliphatic rings. The van der Waals surface area contributed by atoms with Crippen molar-refractivity contribution in [3.63, 3.8) is 0 Å². The van der Waals surface area contributed by atoms with Gasteiger partial charge in [-0.3, -0.25) is 9.48 Å². The van der Waals surface area contributed by atoms with Gasteiger partial charge in [0.05, 0.1) is 18.3 Å². The number of aromatic nitrogens is 2. The molecule has 0 bridgehead atoms. The molecule has 0 N–H and O–H groups in total. The van der Waals surface area contributed by atoms with E-state index in [1.807, 2.05) is 53.9 Å². The van der Waals surface area contributed by atoms with Crippen LogP contribution in [0.1, 0.15) is 20.3 Å². The summed E-state index contributed by atoms with van der Waals surface area (Å²) in [6, 6.07) is 8.05. The third kappa shape index (κ3) is 2.53. The Balaban J connectivity index is 2.04. The number of hydrogen-bond acceptors (Lipinski definition) is 2. The van der Waals surface area contributed by atoms with Crippen LogP contribution < -0.4 is 0 Å².